The van der Waals surface area contributed by atoms with Crippen LogP contribution in [0.3, 0.4) is 0 Å². The second-order valence-corrected chi connectivity index (χ2v) is 5.81. The van der Waals surface area contributed by atoms with E-state index in [1.165, 1.54) is 12.5 Å². The number of halogens is 1. The molecule has 1 spiro atoms. The van der Waals surface area contributed by atoms with E-state index in [2.05, 4.69) is 0 Å². The van der Waals surface area contributed by atoms with Gasteiger partial charge in [-0.2, -0.15) is 0 Å². The van der Waals surface area contributed by atoms with Crippen molar-refractivity contribution in [3.05, 3.63) is 35.6 Å². The number of carbonyl (C=O) groups is 1. The van der Waals surface area contributed by atoms with E-state index in [1.807, 2.05) is 0 Å². The Bertz CT molecular complexity index is 479. The van der Waals surface area contributed by atoms with Crippen LogP contribution in [-0.4, -0.2) is 18.0 Å². The summed E-state index contributed by atoms with van der Waals surface area (Å²) in [4.78, 5) is 12.3. The quantitative estimate of drug-likeness (QED) is 0.835. The lowest BCUT2D eigenvalue weighted by molar-refractivity contribution is -0.155. The molecule has 1 aliphatic carbocycles. The molecule has 1 aromatic carbocycles. The van der Waals surface area contributed by atoms with Crippen LogP contribution in [-0.2, 0) is 16.0 Å². The van der Waals surface area contributed by atoms with Crippen LogP contribution in [0.1, 0.15) is 37.7 Å². The molecule has 0 aromatic heterocycles. The molecule has 3 heteroatoms. The standard InChI is InChI=1S/C16H19FO2/c17-14-5-2-1-4-12(14)10-15(18)13-6-9-19-16(11-13)7-3-8-16/h1-2,4-5,13H,3,6-11H2. The average Bonchev–Trinajstić information content (AvgIpc) is 2.40. The number of carbonyl (C=O) groups excluding carboxylic acids is 1. The molecule has 1 saturated heterocycles. The fourth-order valence-corrected chi connectivity index (χ4v) is 3.20. The monoisotopic (exact) mass is 262 g/mol. The van der Waals surface area contributed by atoms with Gasteiger partial charge in [-0.25, -0.2) is 4.39 Å². The summed E-state index contributed by atoms with van der Waals surface area (Å²) < 4.78 is 19.4. The highest BCUT2D eigenvalue weighted by molar-refractivity contribution is 5.83. The lowest BCUT2D eigenvalue weighted by Gasteiger charge is -2.46. The lowest BCUT2D eigenvalue weighted by Crippen LogP contribution is -2.47. The predicted molar refractivity (Wildman–Crippen MR) is 70.4 cm³/mol. The number of hydrogen-bond acceptors (Lipinski definition) is 2. The third-order valence-electron chi connectivity index (χ3n) is 4.54. The number of Topliss-reactive ketones (excluding diaryl/α,β-unsaturated/α-hetero) is 1. The van der Waals surface area contributed by atoms with E-state index in [-0.39, 0.29) is 29.5 Å². The molecular weight excluding hydrogens is 243 g/mol. The van der Waals surface area contributed by atoms with Gasteiger partial charge in [-0.15, -0.1) is 0 Å². The highest BCUT2D eigenvalue weighted by atomic mass is 19.1. The van der Waals surface area contributed by atoms with Gasteiger partial charge in [0.15, 0.2) is 0 Å². The first kappa shape index (κ1) is 12.8. The molecule has 102 valence electrons. The van der Waals surface area contributed by atoms with Crippen LogP contribution >= 0.6 is 0 Å². The van der Waals surface area contributed by atoms with Crippen molar-refractivity contribution in [2.45, 2.75) is 44.1 Å². The maximum absolute atomic E-state index is 13.6. The number of benzene rings is 1. The van der Waals surface area contributed by atoms with Crippen LogP contribution in [0.4, 0.5) is 4.39 Å². The first-order valence-electron chi connectivity index (χ1n) is 7.09. The fourth-order valence-electron chi connectivity index (χ4n) is 3.20. The zero-order chi connectivity index (χ0) is 13.3. The number of ketones is 1. The number of rotatable bonds is 3. The molecule has 0 bridgehead atoms. The van der Waals surface area contributed by atoms with Crippen LogP contribution in [0.25, 0.3) is 0 Å². The Morgan fingerprint density at radius 2 is 2.16 bits per heavy atom. The van der Waals surface area contributed by atoms with Gasteiger partial charge < -0.3 is 4.74 Å². The van der Waals surface area contributed by atoms with Gasteiger partial charge in [0, 0.05) is 18.9 Å². The maximum Gasteiger partial charge on any atom is 0.140 e. The molecule has 3 rings (SSSR count). The summed E-state index contributed by atoms with van der Waals surface area (Å²) >= 11 is 0. The Labute approximate surface area is 113 Å². The summed E-state index contributed by atoms with van der Waals surface area (Å²) in [5.41, 5.74) is 0.495. The van der Waals surface area contributed by atoms with Crippen molar-refractivity contribution in [1.82, 2.24) is 0 Å². The molecule has 0 radical (unpaired) electrons. The van der Waals surface area contributed by atoms with Gasteiger partial charge >= 0.3 is 0 Å². The van der Waals surface area contributed by atoms with Crippen LogP contribution in [0.5, 0.6) is 0 Å². The Balaban J connectivity index is 1.65. The minimum absolute atomic E-state index is 0.0200. The van der Waals surface area contributed by atoms with E-state index in [1.54, 1.807) is 18.2 Å². The third-order valence-corrected chi connectivity index (χ3v) is 4.54. The Morgan fingerprint density at radius 3 is 2.84 bits per heavy atom. The molecule has 1 heterocycles. The molecule has 1 unspecified atom stereocenters. The van der Waals surface area contributed by atoms with Gasteiger partial charge in [-0.1, -0.05) is 18.2 Å². The van der Waals surface area contributed by atoms with E-state index in [0.29, 0.717) is 12.2 Å². The normalized spacial score (nSPS) is 25.0. The Kier molecular flexibility index (Phi) is 3.40. The molecule has 2 fully saturated rings. The smallest absolute Gasteiger partial charge is 0.140 e. The molecule has 1 aliphatic heterocycles. The average molecular weight is 262 g/mol. The van der Waals surface area contributed by atoms with Gasteiger partial charge in [0.25, 0.3) is 0 Å². The third kappa shape index (κ3) is 2.57. The summed E-state index contributed by atoms with van der Waals surface area (Å²) in [7, 11) is 0. The first-order valence-corrected chi connectivity index (χ1v) is 7.09. The minimum atomic E-state index is -0.277. The zero-order valence-electron chi connectivity index (χ0n) is 11.0. The molecule has 1 aromatic rings. The highest BCUT2D eigenvalue weighted by Gasteiger charge is 2.44. The van der Waals surface area contributed by atoms with Crippen molar-refractivity contribution in [2.75, 3.05) is 6.61 Å². The van der Waals surface area contributed by atoms with Gasteiger partial charge in [0.1, 0.15) is 11.6 Å². The summed E-state index contributed by atoms with van der Waals surface area (Å²) in [6.45, 7) is 0.674. The molecule has 1 atom stereocenters. The zero-order valence-corrected chi connectivity index (χ0v) is 11.0. The van der Waals surface area contributed by atoms with Gasteiger partial charge in [-0.05, 0) is 43.7 Å². The lowest BCUT2D eigenvalue weighted by atomic mass is 9.71. The van der Waals surface area contributed by atoms with Crippen LogP contribution < -0.4 is 0 Å². The number of ether oxygens (including phenoxy) is 1. The fraction of sp³-hybridized carbons (Fsp3) is 0.562. The van der Waals surface area contributed by atoms with Crippen LogP contribution in [0.2, 0.25) is 0 Å². The van der Waals surface area contributed by atoms with Crippen molar-refractivity contribution >= 4 is 5.78 Å². The Hall–Kier alpha value is -1.22. The molecule has 1 saturated carbocycles. The summed E-state index contributed by atoms with van der Waals surface area (Å²) in [5.74, 6) is -0.0606. The van der Waals surface area contributed by atoms with Gasteiger partial charge in [-0.3, -0.25) is 4.79 Å². The van der Waals surface area contributed by atoms with E-state index < -0.39 is 0 Å². The second-order valence-electron chi connectivity index (χ2n) is 5.81. The Morgan fingerprint density at radius 1 is 1.37 bits per heavy atom. The first-order chi connectivity index (χ1) is 9.19. The molecular formula is C16H19FO2. The number of hydrogen-bond donors (Lipinski definition) is 0. The minimum Gasteiger partial charge on any atom is -0.375 e. The predicted octanol–water partition coefficient (Wildman–Crippen LogP) is 3.29. The van der Waals surface area contributed by atoms with Crippen molar-refractivity contribution < 1.29 is 13.9 Å². The van der Waals surface area contributed by atoms with Crippen molar-refractivity contribution in [2.24, 2.45) is 5.92 Å². The topological polar surface area (TPSA) is 26.3 Å². The van der Waals surface area contributed by atoms with E-state index in [9.17, 15) is 9.18 Å². The molecule has 2 aliphatic rings. The van der Waals surface area contributed by atoms with Gasteiger partial charge in [0.2, 0.25) is 0 Å². The van der Waals surface area contributed by atoms with E-state index >= 15 is 0 Å². The molecule has 19 heavy (non-hydrogen) atoms. The molecule has 0 N–H and O–H groups in total. The molecule has 2 nitrogen and oxygen atoms in total. The van der Waals surface area contributed by atoms with Crippen molar-refractivity contribution in [3.63, 3.8) is 0 Å². The van der Waals surface area contributed by atoms with Crippen molar-refractivity contribution in [1.29, 1.82) is 0 Å². The largest absolute Gasteiger partial charge is 0.375 e. The summed E-state index contributed by atoms with van der Waals surface area (Å²) in [6.07, 6.45) is 5.20. The molecule has 0 amide bonds. The second kappa shape index (κ2) is 5.04. The summed E-state index contributed by atoms with van der Waals surface area (Å²) in [5, 5.41) is 0. The van der Waals surface area contributed by atoms with Gasteiger partial charge in [0.05, 0.1) is 5.60 Å². The maximum atomic E-state index is 13.6. The van der Waals surface area contributed by atoms with E-state index in [4.69, 9.17) is 4.74 Å². The van der Waals surface area contributed by atoms with Crippen molar-refractivity contribution in [3.8, 4) is 0 Å². The van der Waals surface area contributed by atoms with E-state index in [0.717, 1.165) is 25.7 Å². The van der Waals surface area contributed by atoms with Crippen LogP contribution in [0.15, 0.2) is 24.3 Å². The van der Waals surface area contributed by atoms with Crippen LogP contribution in [0, 0.1) is 11.7 Å². The summed E-state index contributed by atoms with van der Waals surface area (Å²) in [6, 6.07) is 6.55. The SMILES string of the molecule is O=C(Cc1ccccc1F)C1CCOC2(CCC2)C1. The highest BCUT2D eigenvalue weighted by Crippen LogP contribution is 2.44.